The van der Waals surface area contributed by atoms with Crippen LogP contribution in [0.1, 0.15) is 27.2 Å². The van der Waals surface area contributed by atoms with E-state index in [0.717, 1.165) is 0 Å². The fourth-order valence-corrected chi connectivity index (χ4v) is 1.83. The highest BCUT2D eigenvalue weighted by atomic mass is 16.5. The number of likely N-dealkylation sites (tertiary alicyclic amines) is 1. The number of hydrogen-bond donors (Lipinski definition) is 1. The predicted octanol–water partition coefficient (Wildman–Crippen LogP) is 0.148. The minimum atomic E-state index is -0.365. The smallest absolute Gasteiger partial charge is 0.246 e. The van der Waals surface area contributed by atoms with Crippen LogP contribution < -0.4 is 5.32 Å². The molecule has 1 N–H and O–H groups in total. The molecule has 92 valence electrons. The van der Waals surface area contributed by atoms with Gasteiger partial charge < -0.3 is 10.1 Å². The number of carbonyl (C=O) groups is 2. The van der Waals surface area contributed by atoms with Crippen molar-refractivity contribution in [2.24, 2.45) is 0 Å². The topological polar surface area (TPSA) is 58.6 Å². The zero-order chi connectivity index (χ0) is 12.1. The lowest BCUT2D eigenvalue weighted by molar-refractivity contribution is -0.138. The fraction of sp³-hybridized carbons (Fsp3) is 0.818. The van der Waals surface area contributed by atoms with E-state index in [9.17, 15) is 9.59 Å². The number of imide groups is 1. The van der Waals surface area contributed by atoms with Gasteiger partial charge in [0.1, 0.15) is 0 Å². The Morgan fingerprint density at radius 2 is 2.19 bits per heavy atom. The van der Waals surface area contributed by atoms with Gasteiger partial charge in [0.25, 0.3) is 0 Å². The first-order valence-electron chi connectivity index (χ1n) is 5.79. The standard InChI is InChI=1S/C11H20N2O3/c1-4-13-10(14)6-9(11(13)15)12-7-8(3)16-5-2/h8-9,12H,4-7H2,1-3H3. The number of amides is 2. The number of likely N-dealkylation sites (N-methyl/N-ethyl adjacent to an activating group) is 1. The minimum absolute atomic E-state index is 0.0589. The normalized spacial score (nSPS) is 22.9. The Labute approximate surface area is 96.1 Å². The molecule has 1 aliphatic heterocycles. The molecule has 1 aliphatic rings. The summed E-state index contributed by atoms with van der Waals surface area (Å²) in [5, 5.41) is 3.07. The summed E-state index contributed by atoms with van der Waals surface area (Å²) < 4.78 is 5.34. The molecule has 1 rings (SSSR count). The van der Waals surface area contributed by atoms with Gasteiger partial charge in [-0.1, -0.05) is 0 Å². The van der Waals surface area contributed by atoms with Gasteiger partial charge in [0.2, 0.25) is 11.8 Å². The molecule has 2 unspecified atom stereocenters. The summed E-state index contributed by atoms with van der Waals surface area (Å²) in [4.78, 5) is 24.4. The van der Waals surface area contributed by atoms with Crippen molar-refractivity contribution in [1.29, 1.82) is 0 Å². The molecule has 0 aromatic heterocycles. The average molecular weight is 228 g/mol. The lowest BCUT2D eigenvalue weighted by Crippen LogP contribution is -2.41. The molecule has 0 radical (unpaired) electrons. The number of carbonyl (C=O) groups excluding carboxylic acids is 2. The van der Waals surface area contributed by atoms with Gasteiger partial charge in [0.05, 0.1) is 18.6 Å². The Hall–Kier alpha value is -0.940. The second kappa shape index (κ2) is 5.96. The van der Waals surface area contributed by atoms with Crippen LogP contribution in [0.4, 0.5) is 0 Å². The number of nitrogens with one attached hydrogen (secondary N) is 1. The third-order valence-electron chi connectivity index (χ3n) is 2.66. The number of rotatable bonds is 6. The summed E-state index contributed by atoms with van der Waals surface area (Å²) in [6.45, 7) is 7.38. The van der Waals surface area contributed by atoms with Crippen LogP contribution in [-0.4, -0.2) is 48.6 Å². The maximum atomic E-state index is 11.7. The van der Waals surface area contributed by atoms with E-state index >= 15 is 0 Å². The molecule has 1 saturated heterocycles. The minimum Gasteiger partial charge on any atom is -0.377 e. The first kappa shape index (κ1) is 13.1. The lowest BCUT2D eigenvalue weighted by atomic mass is 10.2. The van der Waals surface area contributed by atoms with Crippen molar-refractivity contribution >= 4 is 11.8 Å². The van der Waals surface area contributed by atoms with E-state index < -0.39 is 0 Å². The molecule has 0 saturated carbocycles. The highest BCUT2D eigenvalue weighted by molar-refractivity contribution is 6.05. The van der Waals surface area contributed by atoms with Crippen molar-refractivity contribution in [3.63, 3.8) is 0 Å². The SMILES string of the molecule is CCOC(C)CNC1CC(=O)N(CC)C1=O. The molecular formula is C11H20N2O3. The number of ether oxygens (including phenoxy) is 1. The Morgan fingerprint density at radius 3 is 2.69 bits per heavy atom. The van der Waals surface area contributed by atoms with E-state index in [1.165, 1.54) is 4.90 Å². The monoisotopic (exact) mass is 228 g/mol. The van der Waals surface area contributed by atoms with Crippen LogP contribution in [0.15, 0.2) is 0 Å². The Kier molecular flexibility index (Phi) is 4.89. The lowest BCUT2D eigenvalue weighted by Gasteiger charge is -2.16. The molecule has 0 aliphatic carbocycles. The summed E-state index contributed by atoms with van der Waals surface area (Å²) in [6, 6.07) is -0.365. The molecule has 1 heterocycles. The molecule has 2 atom stereocenters. The molecular weight excluding hydrogens is 208 g/mol. The van der Waals surface area contributed by atoms with Crippen LogP contribution in [0.5, 0.6) is 0 Å². The molecule has 0 spiro atoms. The second-order valence-corrected chi connectivity index (χ2v) is 3.91. The maximum absolute atomic E-state index is 11.7. The van der Waals surface area contributed by atoms with Gasteiger partial charge in [-0.25, -0.2) is 0 Å². The van der Waals surface area contributed by atoms with Crippen LogP contribution in [0.2, 0.25) is 0 Å². The molecule has 5 nitrogen and oxygen atoms in total. The van der Waals surface area contributed by atoms with Crippen molar-refractivity contribution in [2.45, 2.75) is 39.3 Å². The van der Waals surface area contributed by atoms with E-state index in [4.69, 9.17) is 4.74 Å². The first-order valence-corrected chi connectivity index (χ1v) is 5.79. The molecule has 1 fully saturated rings. The molecule has 0 bridgehead atoms. The highest BCUT2D eigenvalue weighted by Gasteiger charge is 2.37. The summed E-state index contributed by atoms with van der Waals surface area (Å²) >= 11 is 0. The first-order chi connectivity index (χ1) is 7.60. The molecule has 16 heavy (non-hydrogen) atoms. The molecule has 2 amide bonds. The van der Waals surface area contributed by atoms with Crippen molar-refractivity contribution in [3.8, 4) is 0 Å². The van der Waals surface area contributed by atoms with E-state index in [-0.39, 0.29) is 30.4 Å². The molecule has 0 aromatic rings. The Morgan fingerprint density at radius 1 is 1.50 bits per heavy atom. The predicted molar refractivity (Wildman–Crippen MR) is 59.9 cm³/mol. The van der Waals surface area contributed by atoms with E-state index in [1.54, 1.807) is 6.92 Å². The molecule has 5 heteroatoms. The Bertz CT molecular complexity index is 268. The summed E-state index contributed by atoms with van der Waals surface area (Å²) in [7, 11) is 0. The zero-order valence-electron chi connectivity index (χ0n) is 10.2. The van der Waals surface area contributed by atoms with Crippen LogP contribution in [-0.2, 0) is 14.3 Å². The quantitative estimate of drug-likeness (QED) is 0.657. The number of nitrogens with zero attached hydrogens (tertiary/aromatic N) is 1. The van der Waals surface area contributed by atoms with Crippen LogP contribution >= 0.6 is 0 Å². The molecule has 0 aromatic carbocycles. The van der Waals surface area contributed by atoms with Crippen molar-refractivity contribution in [1.82, 2.24) is 10.2 Å². The van der Waals surface area contributed by atoms with Gasteiger partial charge in [-0.2, -0.15) is 0 Å². The van der Waals surface area contributed by atoms with E-state index in [0.29, 0.717) is 19.7 Å². The van der Waals surface area contributed by atoms with E-state index in [1.807, 2.05) is 13.8 Å². The summed E-state index contributed by atoms with van der Waals surface area (Å²) in [6.07, 6.45) is 0.328. The van der Waals surface area contributed by atoms with Gasteiger partial charge in [-0.3, -0.25) is 14.5 Å². The maximum Gasteiger partial charge on any atom is 0.246 e. The third-order valence-corrected chi connectivity index (χ3v) is 2.66. The highest BCUT2D eigenvalue weighted by Crippen LogP contribution is 2.12. The van der Waals surface area contributed by atoms with E-state index in [2.05, 4.69) is 5.32 Å². The van der Waals surface area contributed by atoms with Crippen LogP contribution in [0, 0.1) is 0 Å². The van der Waals surface area contributed by atoms with Gasteiger partial charge in [0.15, 0.2) is 0 Å². The van der Waals surface area contributed by atoms with Crippen molar-refractivity contribution in [3.05, 3.63) is 0 Å². The van der Waals surface area contributed by atoms with Gasteiger partial charge in [-0.05, 0) is 20.8 Å². The largest absolute Gasteiger partial charge is 0.377 e. The summed E-state index contributed by atoms with van der Waals surface area (Å²) in [5.74, 6) is -0.203. The fourth-order valence-electron chi connectivity index (χ4n) is 1.83. The van der Waals surface area contributed by atoms with Crippen molar-refractivity contribution < 1.29 is 14.3 Å². The number of hydrogen-bond acceptors (Lipinski definition) is 4. The van der Waals surface area contributed by atoms with Crippen LogP contribution in [0.25, 0.3) is 0 Å². The van der Waals surface area contributed by atoms with Crippen molar-refractivity contribution in [2.75, 3.05) is 19.7 Å². The van der Waals surface area contributed by atoms with Gasteiger partial charge in [0, 0.05) is 19.7 Å². The summed E-state index contributed by atoms with van der Waals surface area (Å²) in [5.41, 5.74) is 0. The van der Waals surface area contributed by atoms with Gasteiger partial charge >= 0.3 is 0 Å². The second-order valence-electron chi connectivity index (χ2n) is 3.91. The third kappa shape index (κ3) is 3.02. The van der Waals surface area contributed by atoms with Gasteiger partial charge in [-0.15, -0.1) is 0 Å². The van der Waals surface area contributed by atoms with Crippen LogP contribution in [0.3, 0.4) is 0 Å². The zero-order valence-corrected chi connectivity index (χ0v) is 10.2. The Balaban J connectivity index is 2.39. The average Bonchev–Trinajstić information content (AvgIpc) is 2.51.